The topological polar surface area (TPSA) is 73.2 Å². The van der Waals surface area contributed by atoms with E-state index in [9.17, 15) is 9.59 Å². The minimum absolute atomic E-state index is 0.0978. The van der Waals surface area contributed by atoms with Gasteiger partial charge in [-0.2, -0.15) is 0 Å². The van der Waals surface area contributed by atoms with Crippen LogP contribution in [0.3, 0.4) is 0 Å². The number of benzene rings is 1. The molecule has 0 aliphatic rings. The molecule has 6 nitrogen and oxygen atoms in total. The third-order valence-electron chi connectivity index (χ3n) is 4.02. The lowest BCUT2D eigenvalue weighted by Crippen LogP contribution is -2.20. The number of rotatable bonds is 6. The third kappa shape index (κ3) is 3.35. The summed E-state index contributed by atoms with van der Waals surface area (Å²) in [6.07, 6.45) is 2.40. The predicted octanol–water partition coefficient (Wildman–Crippen LogP) is 3.83. The maximum absolute atomic E-state index is 12.8. The van der Waals surface area contributed by atoms with Crippen LogP contribution in [0.15, 0.2) is 35.4 Å². The first kappa shape index (κ1) is 18.1. The van der Waals surface area contributed by atoms with E-state index in [1.54, 1.807) is 23.9 Å². The highest BCUT2D eigenvalue weighted by Crippen LogP contribution is 2.29. The van der Waals surface area contributed by atoms with E-state index in [2.05, 4.69) is 10.3 Å². The van der Waals surface area contributed by atoms with Crippen LogP contribution in [0.1, 0.15) is 35.5 Å². The van der Waals surface area contributed by atoms with Crippen LogP contribution in [0.5, 0.6) is 5.75 Å². The summed E-state index contributed by atoms with van der Waals surface area (Å²) in [6, 6.07) is 7.28. The average Bonchev–Trinajstić information content (AvgIpc) is 2.97. The number of thiophene rings is 1. The second kappa shape index (κ2) is 7.70. The average molecular weight is 371 g/mol. The molecule has 3 aromatic rings. The van der Waals surface area contributed by atoms with Crippen LogP contribution in [0.25, 0.3) is 10.2 Å². The van der Waals surface area contributed by atoms with Crippen molar-refractivity contribution >= 4 is 33.1 Å². The number of amides is 1. The van der Waals surface area contributed by atoms with Gasteiger partial charge in [-0.05, 0) is 38.0 Å². The normalized spacial score (nSPS) is 10.9. The highest BCUT2D eigenvalue weighted by Gasteiger charge is 2.20. The molecule has 3 rings (SSSR count). The summed E-state index contributed by atoms with van der Waals surface area (Å²) in [7, 11) is 0. The van der Waals surface area contributed by atoms with Crippen molar-refractivity contribution < 1.29 is 9.53 Å². The first-order chi connectivity index (χ1) is 12.6. The van der Waals surface area contributed by atoms with E-state index in [1.807, 2.05) is 32.0 Å². The van der Waals surface area contributed by atoms with Gasteiger partial charge in [-0.3, -0.25) is 14.2 Å². The minimum Gasteiger partial charge on any atom is -0.492 e. The van der Waals surface area contributed by atoms with Crippen LogP contribution in [0, 0.1) is 6.92 Å². The lowest BCUT2D eigenvalue weighted by molar-refractivity contribution is 0.102. The van der Waals surface area contributed by atoms with Crippen molar-refractivity contribution in [2.24, 2.45) is 0 Å². The number of nitrogens with zero attached hydrogens (tertiary/aromatic N) is 2. The summed E-state index contributed by atoms with van der Waals surface area (Å²) in [5.74, 6) is 0.352. The Kier molecular flexibility index (Phi) is 5.37. The van der Waals surface area contributed by atoms with Crippen LogP contribution < -0.4 is 15.6 Å². The standard InChI is InChI=1S/C19H21N3O3S/c1-4-10-22-11-20-18-15(19(22)24)12(3)16(26-18)17(23)21-13-8-6-7-9-14(13)25-5-2/h6-9,11H,4-5,10H2,1-3H3,(H,21,23). The van der Waals surface area contributed by atoms with E-state index >= 15 is 0 Å². The van der Waals surface area contributed by atoms with Gasteiger partial charge in [0.05, 0.1) is 28.9 Å². The van der Waals surface area contributed by atoms with Crippen molar-refractivity contribution in [3.05, 3.63) is 51.4 Å². The third-order valence-corrected chi connectivity index (χ3v) is 5.22. The second-order valence-electron chi connectivity index (χ2n) is 5.86. The summed E-state index contributed by atoms with van der Waals surface area (Å²) >= 11 is 1.23. The van der Waals surface area contributed by atoms with Crippen LogP contribution >= 0.6 is 11.3 Å². The van der Waals surface area contributed by atoms with E-state index in [0.717, 1.165) is 6.42 Å². The molecule has 0 fully saturated rings. The number of ether oxygens (including phenoxy) is 1. The first-order valence-electron chi connectivity index (χ1n) is 8.58. The highest BCUT2D eigenvalue weighted by atomic mass is 32.1. The fourth-order valence-corrected chi connectivity index (χ4v) is 3.84. The molecule has 0 atom stereocenters. The largest absolute Gasteiger partial charge is 0.492 e. The van der Waals surface area contributed by atoms with Gasteiger partial charge in [0.1, 0.15) is 10.6 Å². The minimum atomic E-state index is -0.265. The van der Waals surface area contributed by atoms with E-state index in [4.69, 9.17) is 4.74 Å². The molecule has 0 spiro atoms. The van der Waals surface area contributed by atoms with Gasteiger partial charge in [0.15, 0.2) is 0 Å². The van der Waals surface area contributed by atoms with E-state index in [-0.39, 0.29) is 11.5 Å². The molecule has 0 saturated carbocycles. The number of aromatic nitrogens is 2. The summed E-state index contributed by atoms with van der Waals surface area (Å²) in [5, 5.41) is 3.40. The number of carbonyl (C=O) groups excluding carboxylic acids is 1. The molecule has 0 bridgehead atoms. The fourth-order valence-electron chi connectivity index (χ4n) is 2.81. The van der Waals surface area contributed by atoms with Gasteiger partial charge in [-0.1, -0.05) is 19.1 Å². The molecule has 2 aromatic heterocycles. The molecule has 1 N–H and O–H groups in total. The number of hydrogen-bond donors (Lipinski definition) is 1. The Labute approximate surface area is 155 Å². The maximum Gasteiger partial charge on any atom is 0.266 e. The van der Waals surface area contributed by atoms with Crippen molar-refractivity contribution in [3.63, 3.8) is 0 Å². The Balaban J connectivity index is 1.98. The Morgan fingerprint density at radius 3 is 2.81 bits per heavy atom. The molecule has 26 heavy (non-hydrogen) atoms. The van der Waals surface area contributed by atoms with Crippen molar-refractivity contribution in [3.8, 4) is 5.75 Å². The summed E-state index contributed by atoms with van der Waals surface area (Å²) in [5.41, 5.74) is 1.17. The number of hydrogen-bond acceptors (Lipinski definition) is 5. The van der Waals surface area contributed by atoms with Crippen molar-refractivity contribution in [2.75, 3.05) is 11.9 Å². The van der Waals surface area contributed by atoms with Gasteiger partial charge >= 0.3 is 0 Å². The smallest absolute Gasteiger partial charge is 0.266 e. The number of fused-ring (bicyclic) bond motifs is 1. The Morgan fingerprint density at radius 2 is 2.08 bits per heavy atom. The summed E-state index contributed by atoms with van der Waals surface area (Å²) < 4.78 is 7.14. The molecule has 0 aliphatic carbocycles. The zero-order valence-corrected chi connectivity index (χ0v) is 15.9. The van der Waals surface area contributed by atoms with Gasteiger partial charge < -0.3 is 10.1 Å². The number of aryl methyl sites for hydroxylation is 2. The SMILES string of the molecule is CCCn1cnc2sc(C(=O)Nc3ccccc3OCC)c(C)c2c1=O. The fraction of sp³-hybridized carbons (Fsp3) is 0.316. The Hall–Kier alpha value is -2.67. The summed E-state index contributed by atoms with van der Waals surface area (Å²) in [4.78, 5) is 30.9. The molecule has 0 radical (unpaired) electrons. The Bertz CT molecular complexity index is 1010. The molecular weight excluding hydrogens is 350 g/mol. The number of nitrogens with one attached hydrogen (secondary N) is 1. The maximum atomic E-state index is 12.8. The molecule has 0 aliphatic heterocycles. The number of carbonyl (C=O) groups is 1. The van der Waals surface area contributed by atoms with Crippen LogP contribution in [0.4, 0.5) is 5.69 Å². The number of para-hydroxylation sites is 2. The molecular formula is C19H21N3O3S. The van der Waals surface area contributed by atoms with Crippen LogP contribution in [-0.2, 0) is 6.54 Å². The van der Waals surface area contributed by atoms with Gasteiger partial charge in [0.25, 0.3) is 11.5 Å². The van der Waals surface area contributed by atoms with Crippen molar-refractivity contribution in [1.29, 1.82) is 0 Å². The van der Waals surface area contributed by atoms with Gasteiger partial charge in [-0.25, -0.2) is 4.98 Å². The molecule has 7 heteroatoms. The molecule has 0 saturated heterocycles. The molecule has 1 aromatic carbocycles. The lowest BCUT2D eigenvalue weighted by Gasteiger charge is -2.10. The van der Waals surface area contributed by atoms with Crippen LogP contribution in [0.2, 0.25) is 0 Å². The monoisotopic (exact) mass is 371 g/mol. The molecule has 0 unspecified atom stereocenters. The quantitative estimate of drug-likeness (QED) is 0.715. The molecule has 1 amide bonds. The number of anilines is 1. The van der Waals surface area contributed by atoms with E-state index in [0.29, 0.717) is 45.2 Å². The summed E-state index contributed by atoms with van der Waals surface area (Å²) in [6.45, 7) is 6.81. The zero-order chi connectivity index (χ0) is 18.7. The zero-order valence-electron chi connectivity index (χ0n) is 15.0. The van der Waals surface area contributed by atoms with Gasteiger partial charge in [0, 0.05) is 6.54 Å². The Morgan fingerprint density at radius 1 is 1.31 bits per heavy atom. The first-order valence-corrected chi connectivity index (χ1v) is 9.40. The van der Waals surface area contributed by atoms with Gasteiger partial charge in [0.2, 0.25) is 0 Å². The highest BCUT2D eigenvalue weighted by molar-refractivity contribution is 7.20. The van der Waals surface area contributed by atoms with E-state index in [1.165, 1.54) is 11.3 Å². The van der Waals surface area contributed by atoms with Crippen LogP contribution in [-0.4, -0.2) is 22.1 Å². The van der Waals surface area contributed by atoms with Crippen molar-refractivity contribution in [1.82, 2.24) is 9.55 Å². The van der Waals surface area contributed by atoms with E-state index < -0.39 is 0 Å². The van der Waals surface area contributed by atoms with Crippen molar-refractivity contribution in [2.45, 2.75) is 33.7 Å². The predicted molar refractivity (Wildman–Crippen MR) is 104 cm³/mol. The molecule has 136 valence electrons. The van der Waals surface area contributed by atoms with Gasteiger partial charge in [-0.15, -0.1) is 11.3 Å². The lowest BCUT2D eigenvalue weighted by atomic mass is 10.2. The second-order valence-corrected chi connectivity index (χ2v) is 6.86. The molecule has 2 heterocycles.